The van der Waals surface area contributed by atoms with E-state index < -0.39 is 33.2 Å². The van der Waals surface area contributed by atoms with Gasteiger partial charge in [-0.25, -0.2) is 13.2 Å². The van der Waals surface area contributed by atoms with Crippen LogP contribution in [0.4, 0.5) is 4.79 Å². The first kappa shape index (κ1) is 23.5. The second kappa shape index (κ2) is 8.92. The fourth-order valence-electron chi connectivity index (χ4n) is 4.57. The first-order chi connectivity index (χ1) is 15.6. The van der Waals surface area contributed by atoms with Crippen LogP contribution in [0.1, 0.15) is 18.9 Å². The Hall–Kier alpha value is -2.70. The quantitative estimate of drug-likeness (QED) is 0.513. The molecule has 1 aromatic rings. The number of hydrazine groups is 1. The number of hydrogen-bond acceptors (Lipinski definition) is 8. The minimum absolute atomic E-state index is 0.0348. The molecule has 0 spiro atoms. The summed E-state index contributed by atoms with van der Waals surface area (Å²) in [4.78, 5) is 42.1. The molecule has 3 aliphatic heterocycles. The Morgan fingerprint density at radius 3 is 2.42 bits per heavy atom. The predicted molar refractivity (Wildman–Crippen MR) is 119 cm³/mol. The van der Waals surface area contributed by atoms with Gasteiger partial charge in [0.25, 0.3) is 11.8 Å². The van der Waals surface area contributed by atoms with E-state index in [0.29, 0.717) is 43.9 Å². The van der Waals surface area contributed by atoms with E-state index in [1.165, 1.54) is 7.11 Å². The third-order valence-electron chi connectivity index (χ3n) is 6.59. The van der Waals surface area contributed by atoms with Gasteiger partial charge in [0.15, 0.2) is 9.84 Å². The SMILES string of the molecule is COc1ccc([C@@]2(C)NC(=O)N(NC(=O)CN3CCN([C@H]4CCS(=O)(=O)C4)CC3)C2=O)cc1. The van der Waals surface area contributed by atoms with Crippen LogP contribution in [0.2, 0.25) is 0 Å². The third kappa shape index (κ3) is 4.82. The molecule has 0 unspecified atom stereocenters. The van der Waals surface area contributed by atoms with Crippen LogP contribution < -0.4 is 15.5 Å². The Bertz CT molecular complexity index is 1040. The highest BCUT2D eigenvalue weighted by molar-refractivity contribution is 7.91. The number of piperazine rings is 1. The molecule has 0 radical (unpaired) electrons. The maximum absolute atomic E-state index is 13.0. The zero-order chi connectivity index (χ0) is 23.8. The molecular weight excluding hydrogens is 450 g/mol. The summed E-state index contributed by atoms with van der Waals surface area (Å²) in [6, 6.07) is 6.13. The second-order valence-corrected chi connectivity index (χ2v) is 11.1. The van der Waals surface area contributed by atoms with Crippen molar-refractivity contribution in [1.82, 2.24) is 25.6 Å². The Kier molecular flexibility index (Phi) is 6.34. The fourth-order valence-corrected chi connectivity index (χ4v) is 6.34. The largest absolute Gasteiger partial charge is 0.497 e. The number of hydrogen-bond donors (Lipinski definition) is 2. The van der Waals surface area contributed by atoms with E-state index in [-0.39, 0.29) is 24.1 Å². The number of benzene rings is 1. The van der Waals surface area contributed by atoms with Crippen molar-refractivity contribution >= 4 is 27.7 Å². The first-order valence-corrected chi connectivity index (χ1v) is 12.7. The van der Waals surface area contributed by atoms with Gasteiger partial charge in [0.2, 0.25) is 0 Å². The zero-order valence-corrected chi connectivity index (χ0v) is 19.6. The number of nitrogens with one attached hydrogen (secondary N) is 2. The molecule has 3 heterocycles. The van der Waals surface area contributed by atoms with Crippen molar-refractivity contribution < 1.29 is 27.5 Å². The number of ether oxygens (including phenoxy) is 1. The first-order valence-electron chi connectivity index (χ1n) is 10.9. The van der Waals surface area contributed by atoms with Gasteiger partial charge >= 0.3 is 6.03 Å². The number of sulfone groups is 1. The molecule has 0 aromatic heterocycles. The molecule has 4 amide bonds. The Morgan fingerprint density at radius 2 is 1.85 bits per heavy atom. The molecule has 11 nitrogen and oxygen atoms in total. The summed E-state index contributed by atoms with van der Waals surface area (Å²) < 4.78 is 28.6. The van der Waals surface area contributed by atoms with Gasteiger partial charge in [-0.1, -0.05) is 12.1 Å². The summed E-state index contributed by atoms with van der Waals surface area (Å²) in [5.41, 5.74) is 1.69. The molecule has 4 rings (SSSR count). The van der Waals surface area contributed by atoms with Gasteiger partial charge in [0, 0.05) is 32.2 Å². The lowest BCUT2D eigenvalue weighted by Crippen LogP contribution is -2.55. The van der Waals surface area contributed by atoms with Gasteiger partial charge in [-0.3, -0.25) is 24.8 Å². The van der Waals surface area contributed by atoms with Crippen LogP contribution in [0.15, 0.2) is 24.3 Å². The molecule has 3 fully saturated rings. The second-order valence-electron chi connectivity index (χ2n) is 8.83. The van der Waals surface area contributed by atoms with Gasteiger partial charge in [0.05, 0.1) is 25.2 Å². The van der Waals surface area contributed by atoms with E-state index in [1.54, 1.807) is 31.2 Å². The van der Waals surface area contributed by atoms with Gasteiger partial charge in [-0.15, -0.1) is 0 Å². The van der Waals surface area contributed by atoms with Crippen LogP contribution in [0, 0.1) is 0 Å². The number of imide groups is 1. The number of carbonyl (C=O) groups is 3. The van der Waals surface area contributed by atoms with Gasteiger partial charge < -0.3 is 10.1 Å². The van der Waals surface area contributed by atoms with Crippen molar-refractivity contribution in [1.29, 1.82) is 0 Å². The molecule has 0 aliphatic carbocycles. The minimum Gasteiger partial charge on any atom is -0.497 e. The number of amides is 4. The van der Waals surface area contributed by atoms with Crippen molar-refractivity contribution in [3.8, 4) is 5.75 Å². The van der Waals surface area contributed by atoms with E-state index in [1.807, 2.05) is 4.90 Å². The maximum atomic E-state index is 13.0. The maximum Gasteiger partial charge on any atom is 0.344 e. The Morgan fingerprint density at radius 1 is 1.18 bits per heavy atom. The van der Waals surface area contributed by atoms with Crippen LogP contribution in [-0.4, -0.2) is 98.5 Å². The number of urea groups is 1. The Labute approximate surface area is 192 Å². The molecule has 1 aromatic carbocycles. The van der Waals surface area contributed by atoms with Crippen molar-refractivity contribution in [2.75, 3.05) is 51.3 Å². The molecule has 180 valence electrons. The smallest absolute Gasteiger partial charge is 0.344 e. The third-order valence-corrected chi connectivity index (χ3v) is 8.34. The Balaban J connectivity index is 1.30. The molecule has 0 saturated carbocycles. The molecular formula is C21H29N5O6S. The number of rotatable bonds is 6. The average molecular weight is 480 g/mol. The van der Waals surface area contributed by atoms with E-state index in [9.17, 15) is 22.8 Å². The molecule has 3 aliphatic rings. The summed E-state index contributed by atoms with van der Waals surface area (Å²) in [7, 11) is -1.40. The zero-order valence-electron chi connectivity index (χ0n) is 18.7. The lowest BCUT2D eigenvalue weighted by Gasteiger charge is -2.37. The van der Waals surface area contributed by atoms with Crippen molar-refractivity contribution in [3.63, 3.8) is 0 Å². The molecule has 2 atom stereocenters. The monoisotopic (exact) mass is 479 g/mol. The van der Waals surface area contributed by atoms with Gasteiger partial charge in [-0.2, -0.15) is 5.01 Å². The average Bonchev–Trinajstić information content (AvgIpc) is 3.26. The molecule has 2 N–H and O–H groups in total. The summed E-state index contributed by atoms with van der Waals surface area (Å²) in [6.45, 7) is 4.18. The van der Waals surface area contributed by atoms with Crippen LogP contribution in [0.5, 0.6) is 5.75 Å². The van der Waals surface area contributed by atoms with Crippen LogP contribution in [-0.2, 0) is 25.0 Å². The van der Waals surface area contributed by atoms with Crippen LogP contribution >= 0.6 is 0 Å². The van der Waals surface area contributed by atoms with Gasteiger partial charge in [0.1, 0.15) is 11.3 Å². The lowest BCUT2D eigenvalue weighted by molar-refractivity contribution is -0.139. The minimum atomic E-state index is -2.94. The molecule has 33 heavy (non-hydrogen) atoms. The molecule has 0 bridgehead atoms. The van der Waals surface area contributed by atoms with Crippen molar-refractivity contribution in [3.05, 3.63) is 29.8 Å². The van der Waals surface area contributed by atoms with E-state index in [0.717, 1.165) is 5.01 Å². The normalized spacial score (nSPS) is 28.1. The highest BCUT2D eigenvalue weighted by Crippen LogP contribution is 2.29. The van der Waals surface area contributed by atoms with E-state index in [4.69, 9.17) is 4.74 Å². The number of nitrogens with zero attached hydrogens (tertiary/aromatic N) is 3. The fraction of sp³-hybridized carbons (Fsp3) is 0.571. The van der Waals surface area contributed by atoms with Gasteiger partial charge in [-0.05, 0) is 31.0 Å². The number of carbonyl (C=O) groups excluding carboxylic acids is 3. The van der Waals surface area contributed by atoms with Crippen molar-refractivity contribution in [2.24, 2.45) is 0 Å². The summed E-state index contributed by atoms with van der Waals surface area (Å²) in [6.07, 6.45) is 0.655. The van der Waals surface area contributed by atoms with E-state index in [2.05, 4.69) is 15.6 Å². The summed E-state index contributed by atoms with van der Waals surface area (Å²) >= 11 is 0. The molecule has 3 saturated heterocycles. The topological polar surface area (TPSA) is 128 Å². The lowest BCUT2D eigenvalue weighted by atomic mass is 9.92. The molecule has 12 heteroatoms. The van der Waals surface area contributed by atoms with Crippen LogP contribution in [0.3, 0.4) is 0 Å². The van der Waals surface area contributed by atoms with Crippen molar-refractivity contribution in [2.45, 2.75) is 24.9 Å². The van der Waals surface area contributed by atoms with E-state index >= 15 is 0 Å². The highest BCUT2D eigenvalue weighted by atomic mass is 32.2. The number of methoxy groups -OCH3 is 1. The summed E-state index contributed by atoms with van der Waals surface area (Å²) in [5.74, 6) is 0.0282. The van der Waals surface area contributed by atoms with Crippen LogP contribution in [0.25, 0.3) is 0 Å². The predicted octanol–water partition coefficient (Wildman–Crippen LogP) is -0.702. The standard InChI is InChI=1S/C21H29N5O6S/c1-21(15-3-5-17(32-2)6-4-15)19(28)26(20(29)22-21)23-18(27)13-24-8-10-25(11-9-24)16-7-12-33(30,31)14-16/h3-6,16H,7-14H2,1-2H3,(H,22,29)(H,23,27)/t16-,21+/m0/s1. The summed E-state index contributed by atoms with van der Waals surface area (Å²) in [5, 5.41) is 3.38. The highest BCUT2D eigenvalue weighted by Gasteiger charge is 2.50.